The van der Waals surface area contributed by atoms with Crippen LogP contribution in [-0.4, -0.2) is 37.9 Å². The highest BCUT2D eigenvalue weighted by atomic mass is 19.1. The number of imidazole rings is 1. The van der Waals surface area contributed by atoms with Crippen molar-refractivity contribution in [1.29, 1.82) is 0 Å². The van der Waals surface area contributed by atoms with Gasteiger partial charge in [0, 0.05) is 18.7 Å². The topological polar surface area (TPSA) is 87.4 Å². The van der Waals surface area contributed by atoms with Crippen LogP contribution in [0.5, 0.6) is 0 Å². The summed E-state index contributed by atoms with van der Waals surface area (Å²) in [7, 11) is 0. The molecule has 0 bridgehead atoms. The van der Waals surface area contributed by atoms with Gasteiger partial charge in [0.05, 0.1) is 17.9 Å². The maximum absolute atomic E-state index is 13.7. The van der Waals surface area contributed by atoms with E-state index in [0.717, 1.165) is 22.4 Å². The maximum Gasteiger partial charge on any atom is 0.272 e. The van der Waals surface area contributed by atoms with Gasteiger partial charge in [0.1, 0.15) is 17.3 Å². The molecule has 0 spiro atoms. The molecule has 0 aliphatic carbocycles. The van der Waals surface area contributed by atoms with Gasteiger partial charge in [-0.1, -0.05) is 75.4 Å². The van der Waals surface area contributed by atoms with Crippen molar-refractivity contribution in [1.82, 2.24) is 14.9 Å². The van der Waals surface area contributed by atoms with Crippen LogP contribution in [0, 0.1) is 5.82 Å². The summed E-state index contributed by atoms with van der Waals surface area (Å²) in [6.07, 6.45) is -0.0447. The van der Waals surface area contributed by atoms with Gasteiger partial charge in [0.25, 0.3) is 5.91 Å². The van der Waals surface area contributed by atoms with Crippen molar-refractivity contribution in [2.75, 3.05) is 0 Å². The Morgan fingerprint density at radius 2 is 1.60 bits per heavy atom. The third-order valence-electron chi connectivity index (χ3n) is 7.11. The molecule has 1 aromatic heterocycles. The Morgan fingerprint density at radius 1 is 0.925 bits per heavy atom. The minimum Gasteiger partial charge on any atom is -0.393 e. The SMILES string of the molecule is CCC(O)CC(O)CCn1c(-c2ccc(F)cc2)nc(C(=O)NCc2ccccc2-c2ccccc2)c1C(C)C. The zero-order valence-corrected chi connectivity index (χ0v) is 23.3. The molecule has 6 nitrogen and oxygen atoms in total. The van der Waals surface area contributed by atoms with E-state index < -0.39 is 12.2 Å². The van der Waals surface area contributed by atoms with Crippen LogP contribution >= 0.6 is 0 Å². The molecule has 3 N–H and O–H groups in total. The number of hydrogen-bond donors (Lipinski definition) is 3. The van der Waals surface area contributed by atoms with Crippen LogP contribution in [0.15, 0.2) is 78.9 Å². The number of hydrogen-bond acceptors (Lipinski definition) is 4. The number of benzene rings is 3. The van der Waals surface area contributed by atoms with Crippen LogP contribution in [0.1, 0.15) is 67.7 Å². The Morgan fingerprint density at radius 3 is 2.27 bits per heavy atom. The first-order valence-corrected chi connectivity index (χ1v) is 13.9. The predicted molar refractivity (Wildman–Crippen MR) is 156 cm³/mol. The normalized spacial score (nSPS) is 12.9. The standard InChI is InChI=1S/C33H38FN3O3/c1-4-27(38)20-28(39)18-19-37-31(22(2)3)30(36-32(37)24-14-16-26(34)17-15-24)33(40)35-21-25-12-8-9-13-29(25)23-10-6-5-7-11-23/h5-17,22,27-28,38-39H,4,18-21H2,1-3H3,(H,35,40). The average molecular weight is 544 g/mol. The molecule has 0 saturated carbocycles. The fourth-order valence-corrected chi connectivity index (χ4v) is 4.97. The van der Waals surface area contributed by atoms with Crippen molar-refractivity contribution in [3.8, 4) is 22.5 Å². The summed E-state index contributed by atoms with van der Waals surface area (Å²) in [5, 5.41) is 23.6. The second kappa shape index (κ2) is 13.5. The van der Waals surface area contributed by atoms with Gasteiger partial charge in [0.2, 0.25) is 0 Å². The van der Waals surface area contributed by atoms with Gasteiger partial charge >= 0.3 is 0 Å². The molecule has 0 aliphatic heterocycles. The summed E-state index contributed by atoms with van der Waals surface area (Å²) in [6, 6.07) is 24.1. The fourth-order valence-electron chi connectivity index (χ4n) is 4.97. The fraction of sp³-hybridized carbons (Fsp3) is 0.333. The first-order chi connectivity index (χ1) is 19.3. The van der Waals surface area contributed by atoms with Crippen LogP contribution in [0.2, 0.25) is 0 Å². The van der Waals surface area contributed by atoms with Crippen LogP contribution in [0.3, 0.4) is 0 Å². The summed E-state index contributed by atoms with van der Waals surface area (Å²) in [6.45, 7) is 6.60. The molecule has 3 aromatic carbocycles. The lowest BCUT2D eigenvalue weighted by Crippen LogP contribution is -2.25. The highest BCUT2D eigenvalue weighted by molar-refractivity contribution is 5.94. The zero-order valence-electron chi connectivity index (χ0n) is 23.3. The van der Waals surface area contributed by atoms with Crippen molar-refractivity contribution < 1.29 is 19.4 Å². The molecule has 2 atom stereocenters. The molecular weight excluding hydrogens is 505 g/mol. The van der Waals surface area contributed by atoms with E-state index in [4.69, 9.17) is 4.98 Å². The molecule has 0 radical (unpaired) electrons. The molecule has 40 heavy (non-hydrogen) atoms. The predicted octanol–water partition coefficient (Wildman–Crippen LogP) is 6.32. The van der Waals surface area contributed by atoms with Crippen molar-refractivity contribution in [3.05, 3.63) is 102 Å². The number of carbonyl (C=O) groups is 1. The van der Waals surface area contributed by atoms with Gasteiger partial charge in [-0.3, -0.25) is 4.79 Å². The molecule has 2 unspecified atom stereocenters. The van der Waals surface area contributed by atoms with Crippen LogP contribution in [-0.2, 0) is 13.1 Å². The summed E-state index contributed by atoms with van der Waals surface area (Å²) in [5.74, 6) is -0.153. The van der Waals surface area contributed by atoms with Gasteiger partial charge in [0.15, 0.2) is 0 Å². The minimum absolute atomic E-state index is 0.0440. The number of amides is 1. The molecule has 7 heteroatoms. The first kappa shape index (κ1) is 29.2. The quantitative estimate of drug-likeness (QED) is 0.195. The van der Waals surface area contributed by atoms with Crippen molar-refractivity contribution in [3.63, 3.8) is 0 Å². The molecule has 1 heterocycles. The number of nitrogens with one attached hydrogen (secondary N) is 1. The zero-order chi connectivity index (χ0) is 28.6. The maximum atomic E-state index is 13.7. The Hall–Kier alpha value is -3.81. The lowest BCUT2D eigenvalue weighted by Gasteiger charge is -2.19. The van der Waals surface area contributed by atoms with E-state index in [0.29, 0.717) is 43.0 Å². The second-order valence-corrected chi connectivity index (χ2v) is 10.4. The van der Waals surface area contributed by atoms with Crippen LogP contribution < -0.4 is 5.32 Å². The van der Waals surface area contributed by atoms with Gasteiger partial charge < -0.3 is 20.1 Å². The number of aliphatic hydroxyl groups excluding tert-OH is 2. The van der Waals surface area contributed by atoms with Gasteiger partial charge in [-0.2, -0.15) is 0 Å². The lowest BCUT2D eigenvalue weighted by atomic mass is 9.99. The van der Waals surface area contributed by atoms with E-state index in [1.54, 1.807) is 12.1 Å². The Kier molecular flexibility index (Phi) is 9.85. The Labute approximate surface area is 235 Å². The number of halogens is 1. The smallest absolute Gasteiger partial charge is 0.272 e. The van der Waals surface area contributed by atoms with E-state index in [1.165, 1.54) is 12.1 Å². The third kappa shape index (κ3) is 7.03. The molecule has 1 amide bonds. The number of nitrogens with zero attached hydrogens (tertiary/aromatic N) is 2. The molecule has 210 valence electrons. The Balaban J connectivity index is 1.65. The van der Waals surface area contributed by atoms with Crippen LogP contribution in [0.25, 0.3) is 22.5 Å². The third-order valence-corrected chi connectivity index (χ3v) is 7.11. The summed E-state index contributed by atoms with van der Waals surface area (Å²) in [5.41, 5.74) is 4.85. The number of rotatable bonds is 12. The molecule has 4 aromatic rings. The molecular formula is C33H38FN3O3. The van der Waals surface area contributed by atoms with Crippen molar-refractivity contribution >= 4 is 5.91 Å². The monoisotopic (exact) mass is 543 g/mol. The van der Waals surface area contributed by atoms with E-state index in [2.05, 4.69) is 5.32 Å². The van der Waals surface area contributed by atoms with Crippen molar-refractivity contribution in [2.45, 2.75) is 71.2 Å². The summed E-state index contributed by atoms with van der Waals surface area (Å²) < 4.78 is 15.7. The number of aromatic nitrogens is 2. The summed E-state index contributed by atoms with van der Waals surface area (Å²) in [4.78, 5) is 18.4. The molecule has 4 rings (SSSR count). The molecule has 0 aliphatic rings. The Bertz CT molecular complexity index is 1400. The van der Waals surface area contributed by atoms with Gasteiger partial charge in [-0.05, 0) is 66.1 Å². The molecule has 0 saturated heterocycles. The van der Waals surface area contributed by atoms with Gasteiger partial charge in [-0.15, -0.1) is 0 Å². The average Bonchev–Trinajstić information content (AvgIpc) is 3.35. The highest BCUT2D eigenvalue weighted by Gasteiger charge is 2.26. The highest BCUT2D eigenvalue weighted by Crippen LogP contribution is 2.29. The minimum atomic E-state index is -0.704. The lowest BCUT2D eigenvalue weighted by molar-refractivity contribution is 0.0711. The van der Waals surface area contributed by atoms with Crippen molar-refractivity contribution in [2.24, 2.45) is 0 Å². The molecule has 0 fully saturated rings. The van der Waals surface area contributed by atoms with Crippen LogP contribution in [0.4, 0.5) is 4.39 Å². The summed E-state index contributed by atoms with van der Waals surface area (Å²) >= 11 is 0. The van der Waals surface area contributed by atoms with E-state index >= 15 is 0 Å². The first-order valence-electron chi connectivity index (χ1n) is 13.9. The second-order valence-electron chi connectivity index (χ2n) is 10.4. The van der Waals surface area contributed by atoms with E-state index in [1.807, 2.05) is 79.9 Å². The number of carbonyl (C=O) groups excluding carboxylic acids is 1. The largest absolute Gasteiger partial charge is 0.393 e. The van der Waals surface area contributed by atoms with E-state index in [9.17, 15) is 19.4 Å². The van der Waals surface area contributed by atoms with Gasteiger partial charge in [-0.25, -0.2) is 9.37 Å². The number of aliphatic hydroxyl groups is 2. The van der Waals surface area contributed by atoms with E-state index in [-0.39, 0.29) is 24.1 Å².